The van der Waals surface area contributed by atoms with Crippen LogP contribution in [0.5, 0.6) is 5.75 Å². The highest BCUT2D eigenvalue weighted by atomic mass is 16.5. The summed E-state index contributed by atoms with van der Waals surface area (Å²) in [6.45, 7) is 1.45. The molecule has 1 fully saturated rings. The molecule has 0 radical (unpaired) electrons. The van der Waals surface area contributed by atoms with Crippen molar-refractivity contribution in [2.24, 2.45) is 5.73 Å². The van der Waals surface area contributed by atoms with E-state index < -0.39 is 0 Å². The molecule has 92 valence electrons. The minimum atomic E-state index is 0.112. The van der Waals surface area contributed by atoms with Crippen LogP contribution < -0.4 is 10.5 Å². The lowest BCUT2D eigenvalue weighted by atomic mass is 9.99. The van der Waals surface area contributed by atoms with Gasteiger partial charge in [-0.25, -0.2) is 0 Å². The number of rotatable bonds is 4. The second-order valence-electron chi connectivity index (χ2n) is 5.29. The van der Waals surface area contributed by atoms with Crippen LogP contribution in [0.3, 0.4) is 0 Å². The van der Waals surface area contributed by atoms with Crippen molar-refractivity contribution in [3.05, 3.63) is 28.8 Å². The maximum atomic E-state index is 6.13. The molecule has 1 aromatic rings. The topological polar surface area (TPSA) is 44.5 Å². The SMILES string of the molecule is COc1cc2c(cc1CCC1(N)CC1)COC2. The summed E-state index contributed by atoms with van der Waals surface area (Å²) < 4.78 is 10.9. The van der Waals surface area contributed by atoms with E-state index in [1.54, 1.807) is 7.11 Å². The largest absolute Gasteiger partial charge is 0.496 e. The molecule has 1 saturated carbocycles. The van der Waals surface area contributed by atoms with E-state index in [0.29, 0.717) is 6.61 Å². The number of hydrogen-bond donors (Lipinski definition) is 1. The quantitative estimate of drug-likeness (QED) is 0.866. The van der Waals surface area contributed by atoms with E-state index in [1.807, 2.05) is 0 Å². The van der Waals surface area contributed by atoms with E-state index >= 15 is 0 Å². The normalized spacial score (nSPS) is 20.1. The number of nitrogens with two attached hydrogens (primary N) is 1. The van der Waals surface area contributed by atoms with Crippen molar-refractivity contribution in [3.8, 4) is 5.75 Å². The Morgan fingerprint density at radius 2 is 2.00 bits per heavy atom. The lowest BCUT2D eigenvalue weighted by molar-refractivity contribution is 0.134. The summed E-state index contributed by atoms with van der Waals surface area (Å²) in [6.07, 6.45) is 4.41. The number of hydrogen-bond acceptors (Lipinski definition) is 3. The molecule has 1 aromatic carbocycles. The Hall–Kier alpha value is -1.06. The highest BCUT2D eigenvalue weighted by Crippen LogP contribution is 2.38. The summed E-state index contributed by atoms with van der Waals surface area (Å²) in [5.74, 6) is 0.985. The molecular formula is C14H19NO2. The third kappa shape index (κ3) is 2.17. The molecule has 0 saturated heterocycles. The number of fused-ring (bicyclic) bond motifs is 1. The maximum Gasteiger partial charge on any atom is 0.122 e. The lowest BCUT2D eigenvalue weighted by Gasteiger charge is -2.13. The van der Waals surface area contributed by atoms with Crippen molar-refractivity contribution in [2.75, 3.05) is 7.11 Å². The van der Waals surface area contributed by atoms with Crippen LogP contribution >= 0.6 is 0 Å². The third-order valence-corrected chi connectivity index (χ3v) is 3.90. The van der Waals surface area contributed by atoms with Gasteiger partial charge in [0, 0.05) is 5.54 Å². The molecule has 1 heterocycles. The summed E-state index contributed by atoms with van der Waals surface area (Å²) in [7, 11) is 1.73. The van der Waals surface area contributed by atoms with Crippen LogP contribution in [-0.2, 0) is 24.4 Å². The van der Waals surface area contributed by atoms with Gasteiger partial charge in [-0.2, -0.15) is 0 Å². The molecule has 3 nitrogen and oxygen atoms in total. The van der Waals surface area contributed by atoms with Crippen LogP contribution in [0.15, 0.2) is 12.1 Å². The van der Waals surface area contributed by atoms with Gasteiger partial charge < -0.3 is 15.2 Å². The van der Waals surface area contributed by atoms with Crippen LogP contribution in [0.4, 0.5) is 0 Å². The van der Waals surface area contributed by atoms with Crippen LogP contribution in [0.2, 0.25) is 0 Å². The van der Waals surface area contributed by atoms with Gasteiger partial charge in [0.1, 0.15) is 5.75 Å². The predicted octanol–water partition coefficient (Wildman–Crippen LogP) is 2.15. The lowest BCUT2D eigenvalue weighted by Crippen LogP contribution is -2.22. The van der Waals surface area contributed by atoms with Crippen LogP contribution in [0, 0.1) is 0 Å². The smallest absolute Gasteiger partial charge is 0.122 e. The van der Waals surface area contributed by atoms with Gasteiger partial charge in [-0.1, -0.05) is 0 Å². The molecule has 1 aliphatic carbocycles. The monoisotopic (exact) mass is 233 g/mol. The molecule has 0 spiro atoms. The summed E-state index contributed by atoms with van der Waals surface area (Å²) in [4.78, 5) is 0. The van der Waals surface area contributed by atoms with Crippen LogP contribution in [0.1, 0.15) is 36.0 Å². The van der Waals surface area contributed by atoms with Crippen molar-refractivity contribution in [2.45, 2.75) is 44.4 Å². The van der Waals surface area contributed by atoms with Gasteiger partial charge in [-0.05, 0) is 54.5 Å². The Labute approximate surface area is 102 Å². The second kappa shape index (κ2) is 4.00. The van der Waals surface area contributed by atoms with Crippen molar-refractivity contribution < 1.29 is 9.47 Å². The van der Waals surface area contributed by atoms with Gasteiger partial charge in [0.25, 0.3) is 0 Å². The number of ether oxygens (including phenoxy) is 2. The summed E-state index contributed by atoms with van der Waals surface area (Å²) in [5, 5.41) is 0. The summed E-state index contributed by atoms with van der Waals surface area (Å²) in [5.41, 5.74) is 10.1. The van der Waals surface area contributed by atoms with Gasteiger partial charge in [0.15, 0.2) is 0 Å². The van der Waals surface area contributed by atoms with E-state index in [9.17, 15) is 0 Å². The Bertz CT molecular complexity index is 438. The average molecular weight is 233 g/mol. The zero-order valence-corrected chi connectivity index (χ0v) is 10.3. The Morgan fingerprint density at radius 3 is 2.65 bits per heavy atom. The molecular weight excluding hydrogens is 214 g/mol. The Kier molecular flexibility index (Phi) is 2.60. The maximum absolute atomic E-state index is 6.13. The number of aryl methyl sites for hydroxylation is 1. The van der Waals surface area contributed by atoms with Gasteiger partial charge >= 0.3 is 0 Å². The zero-order chi connectivity index (χ0) is 11.9. The van der Waals surface area contributed by atoms with Gasteiger partial charge in [0.05, 0.1) is 20.3 Å². The first-order chi connectivity index (χ1) is 8.20. The molecule has 17 heavy (non-hydrogen) atoms. The molecule has 0 unspecified atom stereocenters. The first kappa shape index (κ1) is 11.1. The predicted molar refractivity (Wildman–Crippen MR) is 66.0 cm³/mol. The third-order valence-electron chi connectivity index (χ3n) is 3.90. The highest BCUT2D eigenvalue weighted by Gasteiger charge is 2.37. The summed E-state index contributed by atoms with van der Waals surface area (Å²) >= 11 is 0. The van der Waals surface area contributed by atoms with E-state index in [-0.39, 0.29) is 5.54 Å². The first-order valence-electron chi connectivity index (χ1n) is 6.25. The number of methoxy groups -OCH3 is 1. The molecule has 1 aliphatic heterocycles. The van der Waals surface area contributed by atoms with Crippen LogP contribution in [0.25, 0.3) is 0 Å². The molecule has 3 rings (SSSR count). The second-order valence-corrected chi connectivity index (χ2v) is 5.29. The average Bonchev–Trinajstić information content (AvgIpc) is 2.91. The van der Waals surface area contributed by atoms with Crippen molar-refractivity contribution >= 4 is 0 Å². The standard InChI is InChI=1S/C14H19NO2/c1-16-13-7-12-9-17-8-11(12)6-10(13)2-3-14(15)4-5-14/h6-7H,2-5,8-9,15H2,1H3. The van der Waals surface area contributed by atoms with E-state index in [1.165, 1.54) is 29.5 Å². The fourth-order valence-electron chi connectivity index (χ4n) is 2.44. The molecule has 2 N–H and O–H groups in total. The minimum Gasteiger partial charge on any atom is -0.496 e. The molecule has 0 bridgehead atoms. The fourth-order valence-corrected chi connectivity index (χ4v) is 2.44. The van der Waals surface area contributed by atoms with Gasteiger partial charge in [-0.3, -0.25) is 0 Å². The molecule has 3 heteroatoms. The molecule has 0 amide bonds. The number of benzene rings is 1. The minimum absolute atomic E-state index is 0.112. The van der Waals surface area contributed by atoms with E-state index in [0.717, 1.165) is 25.2 Å². The molecule has 0 aromatic heterocycles. The van der Waals surface area contributed by atoms with Crippen molar-refractivity contribution in [1.82, 2.24) is 0 Å². The fraction of sp³-hybridized carbons (Fsp3) is 0.571. The Morgan fingerprint density at radius 1 is 1.29 bits per heavy atom. The zero-order valence-electron chi connectivity index (χ0n) is 10.3. The van der Waals surface area contributed by atoms with Crippen molar-refractivity contribution in [3.63, 3.8) is 0 Å². The first-order valence-corrected chi connectivity index (χ1v) is 6.25. The summed E-state index contributed by atoms with van der Waals surface area (Å²) in [6, 6.07) is 4.35. The molecule has 2 aliphatic rings. The molecule has 0 atom stereocenters. The van der Waals surface area contributed by atoms with E-state index in [2.05, 4.69) is 12.1 Å². The van der Waals surface area contributed by atoms with Gasteiger partial charge in [0.2, 0.25) is 0 Å². The van der Waals surface area contributed by atoms with Gasteiger partial charge in [-0.15, -0.1) is 0 Å². The highest BCUT2D eigenvalue weighted by molar-refractivity contribution is 5.43. The van der Waals surface area contributed by atoms with Crippen molar-refractivity contribution in [1.29, 1.82) is 0 Å². The van der Waals surface area contributed by atoms with E-state index in [4.69, 9.17) is 15.2 Å². The Balaban J connectivity index is 1.81. The van der Waals surface area contributed by atoms with Crippen LogP contribution in [-0.4, -0.2) is 12.6 Å².